The predicted molar refractivity (Wildman–Crippen MR) is 222 cm³/mol. The number of ether oxygens (including phenoxy) is 2. The monoisotopic (exact) mass is 857 g/mol. The third-order valence-electron chi connectivity index (χ3n) is 16.8. The topological polar surface area (TPSA) is 182 Å². The Kier molecular flexibility index (Phi) is 9.84. The van der Waals surface area contributed by atoms with E-state index < -0.39 is 52.5 Å². The lowest BCUT2D eigenvalue weighted by molar-refractivity contribution is -0.182. The number of benzene rings is 1. The molecule has 6 fully saturated rings. The molecular formula is C47H56FN3O11. The number of hydrogen-bond acceptors (Lipinski definition) is 13. The summed E-state index contributed by atoms with van der Waals surface area (Å²) in [6, 6.07) is 1.12. The summed E-state index contributed by atoms with van der Waals surface area (Å²) in [6.45, 7) is 7.13. The summed E-state index contributed by atoms with van der Waals surface area (Å²) in [6.07, 6.45) is 9.31. The summed E-state index contributed by atoms with van der Waals surface area (Å²) in [5.74, 6) is -1.81. The molecule has 14 nitrogen and oxygen atoms in total. The van der Waals surface area contributed by atoms with Crippen molar-refractivity contribution < 1.29 is 47.3 Å². The Labute approximate surface area is 358 Å². The lowest BCUT2D eigenvalue weighted by Gasteiger charge is -2.60. The Balaban J connectivity index is 0.897. The van der Waals surface area contributed by atoms with Crippen LogP contribution in [-0.4, -0.2) is 88.3 Å². The van der Waals surface area contributed by atoms with Crippen LogP contribution in [0, 0.1) is 47.2 Å². The number of carbonyl (C=O) groups is 3. The van der Waals surface area contributed by atoms with E-state index in [0.29, 0.717) is 55.9 Å². The summed E-state index contributed by atoms with van der Waals surface area (Å²) in [7, 11) is 1.44. The van der Waals surface area contributed by atoms with Gasteiger partial charge in [0.2, 0.25) is 11.2 Å². The molecule has 15 heteroatoms. The number of hydrogen-bond donors (Lipinski definition) is 2. The van der Waals surface area contributed by atoms with Crippen LogP contribution in [0.3, 0.4) is 0 Å². The van der Waals surface area contributed by atoms with Crippen molar-refractivity contribution in [3.8, 4) is 5.75 Å². The van der Waals surface area contributed by atoms with Gasteiger partial charge in [0.15, 0.2) is 29.7 Å². The molecule has 10 rings (SSSR count). The van der Waals surface area contributed by atoms with Crippen LogP contribution in [0.5, 0.6) is 5.75 Å². The minimum absolute atomic E-state index is 0.0375. The van der Waals surface area contributed by atoms with Gasteiger partial charge in [-0.15, -0.1) is 0 Å². The van der Waals surface area contributed by atoms with E-state index in [1.54, 1.807) is 17.6 Å². The molecule has 2 N–H and O–H groups in total. The molecular weight excluding hydrogens is 802 g/mol. The molecule has 4 heterocycles. The normalized spacial score (nSPS) is 34.3. The van der Waals surface area contributed by atoms with Crippen LogP contribution in [0.1, 0.15) is 112 Å². The molecule has 0 amide bonds. The number of aromatic nitrogens is 1. The molecule has 2 aliphatic heterocycles. The van der Waals surface area contributed by atoms with Gasteiger partial charge in [-0.3, -0.25) is 19.3 Å². The minimum Gasteiger partial charge on any atom is -0.492 e. The lowest BCUT2D eigenvalue weighted by Crippen LogP contribution is -2.62. The van der Waals surface area contributed by atoms with Crippen molar-refractivity contribution in [1.82, 2.24) is 9.47 Å². The van der Waals surface area contributed by atoms with Crippen molar-refractivity contribution in [3.63, 3.8) is 0 Å². The smallest absolute Gasteiger partial charge is 0.492 e. The number of ketones is 2. The number of Topliss-reactive ketones (excluding diaryl/α,β-unsaturated/α-hetero) is 1. The zero-order valence-corrected chi connectivity index (χ0v) is 35.9. The van der Waals surface area contributed by atoms with Crippen molar-refractivity contribution >= 4 is 34.1 Å². The van der Waals surface area contributed by atoms with E-state index in [2.05, 4.69) is 11.8 Å². The summed E-state index contributed by atoms with van der Waals surface area (Å²) in [5.41, 5.74) is -2.57. The van der Waals surface area contributed by atoms with E-state index in [4.69, 9.17) is 18.3 Å². The largest absolute Gasteiger partial charge is 0.519 e. The molecule has 1 aromatic carbocycles. The fourth-order valence-corrected chi connectivity index (χ4v) is 13.6. The molecule has 0 radical (unpaired) electrons. The number of aliphatic hydroxyl groups is 2. The van der Waals surface area contributed by atoms with Crippen molar-refractivity contribution in [2.45, 2.75) is 122 Å². The highest BCUT2D eigenvalue weighted by atomic mass is 19.1. The first kappa shape index (κ1) is 41.4. The Morgan fingerprint density at radius 3 is 2.55 bits per heavy atom. The van der Waals surface area contributed by atoms with Crippen molar-refractivity contribution in [3.05, 3.63) is 67.7 Å². The SMILES string of the molecule is COc1c(N2CC3CCCN(Cc4oc(=O)oc4C)C3C2)c(F)cc2c(=O)c(C(=O)OCC(=O)[C@]3(O)CC[C@@H]4[C@H]5CCC6=CC(=O)CC[C@@]6(C)[C@@H]5[C@H](O)C[C@]43C)cn(C3CC3)c12. The number of aliphatic hydroxyl groups excluding tert-OH is 1. The van der Waals surface area contributed by atoms with Gasteiger partial charge in [-0.25, -0.2) is 14.0 Å². The highest BCUT2D eigenvalue weighted by Crippen LogP contribution is 2.67. The van der Waals surface area contributed by atoms with Gasteiger partial charge in [0.1, 0.15) is 22.6 Å². The highest BCUT2D eigenvalue weighted by Gasteiger charge is 2.68. The second kappa shape index (κ2) is 14.7. The Bertz CT molecular complexity index is 2540. The van der Waals surface area contributed by atoms with Gasteiger partial charge in [-0.05, 0) is 119 Å². The number of fused-ring (bicyclic) bond motifs is 7. The van der Waals surface area contributed by atoms with Crippen molar-refractivity contribution in [1.29, 1.82) is 0 Å². The van der Waals surface area contributed by atoms with Crippen molar-refractivity contribution in [2.75, 3.05) is 38.3 Å². The number of anilines is 1. The number of pyridine rings is 1. The Hall–Kier alpha value is -4.60. The third-order valence-corrected chi connectivity index (χ3v) is 16.8. The number of rotatable bonds is 9. The number of halogens is 1. The number of nitrogens with zero attached hydrogens (tertiary/aromatic N) is 3. The van der Waals surface area contributed by atoms with Crippen molar-refractivity contribution in [2.24, 2.45) is 34.5 Å². The van der Waals surface area contributed by atoms with Crippen LogP contribution in [0.2, 0.25) is 0 Å². The van der Waals surface area contributed by atoms with E-state index in [1.165, 1.54) is 19.4 Å². The van der Waals surface area contributed by atoms with Crippen LogP contribution in [0.4, 0.5) is 10.1 Å². The fraction of sp³-hybridized carbons (Fsp3) is 0.638. The second-order valence-corrected chi connectivity index (χ2v) is 19.9. The second-order valence-electron chi connectivity index (χ2n) is 19.9. The van der Waals surface area contributed by atoms with E-state index in [1.807, 2.05) is 11.8 Å². The number of aryl methyl sites for hydroxylation is 1. The summed E-state index contributed by atoms with van der Waals surface area (Å²) in [5, 5.41) is 24.0. The molecule has 2 aromatic heterocycles. The quantitative estimate of drug-likeness (QED) is 0.262. The Morgan fingerprint density at radius 1 is 1.03 bits per heavy atom. The first-order valence-electron chi connectivity index (χ1n) is 22.4. The molecule has 4 saturated carbocycles. The van der Waals surface area contributed by atoms with Gasteiger partial charge in [0.25, 0.3) is 0 Å². The lowest BCUT2D eigenvalue weighted by atomic mass is 9.45. The number of methoxy groups -OCH3 is 1. The molecule has 2 saturated heterocycles. The highest BCUT2D eigenvalue weighted by molar-refractivity contribution is 5.99. The maximum Gasteiger partial charge on any atom is 0.519 e. The van der Waals surface area contributed by atoms with Gasteiger partial charge in [0, 0.05) is 43.2 Å². The molecule has 5 aliphatic carbocycles. The molecule has 3 aromatic rings. The maximum atomic E-state index is 16.6. The molecule has 2 unspecified atom stereocenters. The number of allylic oxidation sites excluding steroid dienone is 1. The van der Waals surface area contributed by atoms with E-state index in [9.17, 15) is 34.2 Å². The van der Waals surface area contributed by atoms with Gasteiger partial charge in [0.05, 0.1) is 30.7 Å². The van der Waals surface area contributed by atoms with Crippen LogP contribution in [0.15, 0.2) is 42.3 Å². The van der Waals surface area contributed by atoms with Crippen LogP contribution >= 0.6 is 0 Å². The predicted octanol–water partition coefficient (Wildman–Crippen LogP) is 5.40. The summed E-state index contributed by atoms with van der Waals surface area (Å²) in [4.78, 5) is 70.5. The zero-order valence-electron chi connectivity index (χ0n) is 35.9. The van der Waals surface area contributed by atoms with Crippen LogP contribution < -0.4 is 20.9 Å². The molecule has 7 aliphatic rings. The van der Waals surface area contributed by atoms with E-state index in [0.717, 1.165) is 50.6 Å². The fourth-order valence-electron chi connectivity index (χ4n) is 13.6. The molecule has 0 spiro atoms. The van der Waals surface area contributed by atoms with Gasteiger partial charge >= 0.3 is 11.8 Å². The van der Waals surface area contributed by atoms with E-state index >= 15 is 4.39 Å². The number of carbonyl (C=O) groups excluding carboxylic acids is 3. The zero-order chi connectivity index (χ0) is 43.6. The molecule has 0 bridgehead atoms. The molecule has 62 heavy (non-hydrogen) atoms. The maximum absolute atomic E-state index is 16.6. The number of esters is 1. The van der Waals surface area contributed by atoms with Gasteiger partial charge in [-0.1, -0.05) is 19.4 Å². The van der Waals surface area contributed by atoms with Gasteiger partial charge < -0.3 is 38.0 Å². The molecule has 9 atom stereocenters. The standard InChI is InChI=1S/C47H56FN3O11/c1-24-36(62-44(57)61-24)22-49-15-5-6-25-19-50(21-34(25)49)40-33(48)17-30-39(42(40)59-4)51(27-8-9-27)20-31(41(30)55)43(56)60-23-37(54)47(58)14-12-32-29-10-7-26-16-28(52)11-13-45(26,2)38(29)35(53)18-46(32,47)3/h16-17,20,25,27,29,32,34-35,38,53,58H,5-15,18-19,21-23H2,1-4H3/t25?,29-,32-,34?,35-,38+,45-,46-,47-/m1/s1. The van der Waals surface area contributed by atoms with Crippen LogP contribution in [0.25, 0.3) is 10.9 Å². The molecule has 332 valence electrons. The third kappa shape index (κ3) is 6.22. The average molecular weight is 858 g/mol. The Morgan fingerprint density at radius 2 is 1.82 bits per heavy atom. The van der Waals surface area contributed by atoms with Gasteiger partial charge in [-0.2, -0.15) is 0 Å². The first-order valence-corrected chi connectivity index (χ1v) is 22.4. The summed E-state index contributed by atoms with van der Waals surface area (Å²) < 4.78 is 40.3. The van der Waals surface area contributed by atoms with E-state index in [-0.39, 0.29) is 82.2 Å². The first-order chi connectivity index (χ1) is 29.6. The minimum atomic E-state index is -1.87. The summed E-state index contributed by atoms with van der Waals surface area (Å²) >= 11 is 0. The van der Waals surface area contributed by atoms with Crippen LogP contribution in [-0.2, 0) is 20.9 Å². The average Bonchev–Trinajstić information content (AvgIpc) is 3.82. The number of piperidine rings is 1. The number of likely N-dealkylation sites (tertiary alicyclic amines) is 1.